The fourth-order valence-electron chi connectivity index (χ4n) is 5.71. The van der Waals surface area contributed by atoms with Gasteiger partial charge in [0.25, 0.3) is 0 Å². The summed E-state index contributed by atoms with van der Waals surface area (Å²) in [6, 6.07) is 29.9. The maximum atomic E-state index is 5.90. The van der Waals surface area contributed by atoms with Crippen LogP contribution in [0.1, 0.15) is 0 Å². The van der Waals surface area contributed by atoms with Gasteiger partial charge in [0.05, 0.1) is 16.2 Å². The quantitative estimate of drug-likeness (QED) is 0.201. The predicted octanol–water partition coefficient (Wildman–Crippen LogP) is 6.76. The highest BCUT2D eigenvalue weighted by Gasteiger charge is 2.26. The summed E-state index contributed by atoms with van der Waals surface area (Å²) in [5, 5.41) is 5.55. The minimum Gasteiger partial charge on any atom is -0.454 e. The molecule has 2 aliphatic heterocycles. The minimum absolute atomic E-state index is 0.241. The molecule has 0 unspecified atom stereocenters. The van der Waals surface area contributed by atoms with Crippen LogP contribution >= 0.6 is 0 Å². The van der Waals surface area contributed by atoms with Crippen molar-refractivity contribution in [3.05, 3.63) is 91.1 Å². The molecule has 178 valence electrons. The van der Waals surface area contributed by atoms with Gasteiger partial charge in [-0.05, 0) is 58.0 Å². The lowest BCUT2D eigenvalue weighted by molar-refractivity contribution is -0.642. The molecule has 0 amide bonds. The number of nitrogens with zero attached hydrogens (tertiary/aromatic N) is 1. The number of hydrogen-bond donors (Lipinski definition) is 0. The van der Waals surface area contributed by atoms with Crippen molar-refractivity contribution in [2.45, 2.75) is 0 Å². The lowest BCUT2D eigenvalue weighted by Gasteiger charge is -2.14. The molecule has 0 atom stereocenters. The van der Waals surface area contributed by atoms with E-state index in [1.165, 1.54) is 11.1 Å². The van der Waals surface area contributed by atoms with Crippen LogP contribution in [0.25, 0.3) is 54.7 Å². The molecular formula is C32H22NO4+. The smallest absolute Gasteiger partial charge is 0.231 e. The highest BCUT2D eigenvalue weighted by Crippen LogP contribution is 2.46. The van der Waals surface area contributed by atoms with Crippen LogP contribution in [-0.2, 0) is 7.05 Å². The molecule has 0 bridgehead atoms. The Labute approximate surface area is 213 Å². The number of aromatic nitrogens is 1. The van der Waals surface area contributed by atoms with Crippen molar-refractivity contribution >= 4 is 32.4 Å². The highest BCUT2D eigenvalue weighted by molar-refractivity contribution is 6.21. The fourth-order valence-corrected chi connectivity index (χ4v) is 5.71. The Bertz CT molecular complexity index is 1880. The van der Waals surface area contributed by atoms with Crippen LogP contribution in [0.4, 0.5) is 0 Å². The van der Waals surface area contributed by atoms with Crippen LogP contribution in [0.5, 0.6) is 23.0 Å². The van der Waals surface area contributed by atoms with Crippen LogP contribution in [-0.4, -0.2) is 13.6 Å². The van der Waals surface area contributed by atoms with Gasteiger partial charge in [-0.2, -0.15) is 4.57 Å². The molecule has 37 heavy (non-hydrogen) atoms. The predicted molar refractivity (Wildman–Crippen MR) is 143 cm³/mol. The molecular weight excluding hydrogens is 462 g/mol. The van der Waals surface area contributed by atoms with Gasteiger partial charge < -0.3 is 18.9 Å². The van der Waals surface area contributed by atoms with Crippen molar-refractivity contribution in [2.75, 3.05) is 13.6 Å². The first kappa shape index (κ1) is 20.4. The maximum absolute atomic E-state index is 5.90. The number of rotatable bonds is 2. The molecule has 2 aliphatic rings. The second-order valence-electron chi connectivity index (χ2n) is 9.52. The standard InChI is InChI=1S/C32H22NO4/c1-33-16-26-23(11-12-27-32(26)37-18-34-27)30-24(21-9-7-20(8-10-21)19-5-3-2-4-6-19)13-22-14-28-29(36-17-35-28)15-25(22)31(30)33/h2-16H,17-18H2,1H3/q+1. The molecule has 6 aromatic rings. The molecule has 0 fully saturated rings. The molecule has 0 saturated carbocycles. The van der Waals surface area contributed by atoms with E-state index in [2.05, 4.69) is 90.6 Å². The van der Waals surface area contributed by atoms with Crippen LogP contribution in [0.15, 0.2) is 91.1 Å². The first-order chi connectivity index (χ1) is 18.2. The molecule has 1 aromatic heterocycles. The Morgan fingerprint density at radius 2 is 1.30 bits per heavy atom. The summed E-state index contributed by atoms with van der Waals surface area (Å²) in [4.78, 5) is 0. The molecule has 5 nitrogen and oxygen atoms in total. The Morgan fingerprint density at radius 1 is 0.595 bits per heavy atom. The second kappa shape index (κ2) is 7.61. The first-order valence-electron chi connectivity index (χ1n) is 12.3. The van der Waals surface area contributed by atoms with Gasteiger partial charge in [0.1, 0.15) is 7.05 Å². The average molecular weight is 485 g/mol. The van der Waals surface area contributed by atoms with E-state index in [0.29, 0.717) is 0 Å². The van der Waals surface area contributed by atoms with Gasteiger partial charge in [-0.1, -0.05) is 54.6 Å². The summed E-state index contributed by atoms with van der Waals surface area (Å²) in [5.41, 5.74) is 5.83. The molecule has 0 aliphatic carbocycles. The van der Waals surface area contributed by atoms with Gasteiger partial charge in [0.15, 0.2) is 29.2 Å². The summed E-state index contributed by atoms with van der Waals surface area (Å²) < 4.78 is 25.2. The topological polar surface area (TPSA) is 40.8 Å². The number of hydrogen-bond acceptors (Lipinski definition) is 4. The van der Waals surface area contributed by atoms with Crippen molar-refractivity contribution in [1.82, 2.24) is 0 Å². The highest BCUT2D eigenvalue weighted by atomic mass is 16.7. The monoisotopic (exact) mass is 484 g/mol. The Kier molecular flexibility index (Phi) is 4.20. The van der Waals surface area contributed by atoms with E-state index in [-0.39, 0.29) is 13.6 Å². The molecule has 0 saturated heterocycles. The zero-order valence-electron chi connectivity index (χ0n) is 20.2. The minimum atomic E-state index is 0.241. The van der Waals surface area contributed by atoms with Gasteiger partial charge in [0, 0.05) is 5.39 Å². The molecule has 8 rings (SSSR count). The van der Waals surface area contributed by atoms with E-state index < -0.39 is 0 Å². The third kappa shape index (κ3) is 3.01. The Balaban J connectivity index is 1.47. The zero-order valence-corrected chi connectivity index (χ0v) is 20.2. The summed E-state index contributed by atoms with van der Waals surface area (Å²) >= 11 is 0. The van der Waals surface area contributed by atoms with E-state index in [4.69, 9.17) is 18.9 Å². The van der Waals surface area contributed by atoms with Gasteiger partial charge in [-0.25, -0.2) is 0 Å². The number of ether oxygens (including phenoxy) is 4. The first-order valence-corrected chi connectivity index (χ1v) is 12.3. The normalized spacial score (nSPS) is 13.6. The van der Waals surface area contributed by atoms with Crippen LogP contribution in [0.2, 0.25) is 0 Å². The van der Waals surface area contributed by atoms with E-state index in [0.717, 1.165) is 66.6 Å². The summed E-state index contributed by atoms with van der Waals surface area (Å²) in [6.45, 7) is 0.487. The second-order valence-corrected chi connectivity index (χ2v) is 9.52. The Morgan fingerprint density at radius 3 is 2.14 bits per heavy atom. The van der Waals surface area contributed by atoms with Gasteiger partial charge in [0.2, 0.25) is 19.1 Å². The summed E-state index contributed by atoms with van der Waals surface area (Å²) in [5.74, 6) is 3.14. The summed E-state index contributed by atoms with van der Waals surface area (Å²) in [6.07, 6.45) is 2.14. The largest absolute Gasteiger partial charge is 0.454 e. The third-order valence-electron chi connectivity index (χ3n) is 7.43. The number of aryl methyl sites for hydroxylation is 1. The molecule has 5 heteroatoms. The van der Waals surface area contributed by atoms with Crippen LogP contribution < -0.4 is 23.5 Å². The van der Waals surface area contributed by atoms with Crippen molar-refractivity contribution < 1.29 is 23.5 Å². The lowest BCUT2D eigenvalue weighted by Crippen LogP contribution is -2.28. The third-order valence-corrected chi connectivity index (χ3v) is 7.43. The Hall–Kier alpha value is -4.77. The van der Waals surface area contributed by atoms with Crippen molar-refractivity contribution in [3.63, 3.8) is 0 Å². The van der Waals surface area contributed by atoms with Gasteiger partial charge in [-0.3, -0.25) is 0 Å². The number of fused-ring (bicyclic) bond motifs is 8. The van der Waals surface area contributed by atoms with Crippen molar-refractivity contribution in [2.24, 2.45) is 7.05 Å². The average Bonchev–Trinajstić information content (AvgIpc) is 3.61. The molecule has 0 radical (unpaired) electrons. The SMILES string of the molecule is C[n+]1cc2c3c(ccc2c2c(-c4ccc(-c5ccccc5)cc4)cc4cc5c(cc4c21)OCO5)OCO3. The summed E-state index contributed by atoms with van der Waals surface area (Å²) in [7, 11) is 2.09. The van der Waals surface area contributed by atoms with E-state index in [1.807, 2.05) is 12.1 Å². The number of pyridine rings is 1. The van der Waals surface area contributed by atoms with Crippen molar-refractivity contribution in [3.8, 4) is 45.3 Å². The number of benzene rings is 5. The van der Waals surface area contributed by atoms with Gasteiger partial charge >= 0.3 is 0 Å². The molecule has 0 spiro atoms. The zero-order chi connectivity index (χ0) is 24.5. The maximum Gasteiger partial charge on any atom is 0.231 e. The van der Waals surface area contributed by atoms with E-state index in [1.54, 1.807) is 0 Å². The lowest BCUT2D eigenvalue weighted by atomic mass is 9.91. The molecule has 0 N–H and O–H groups in total. The van der Waals surface area contributed by atoms with E-state index >= 15 is 0 Å². The molecule has 3 heterocycles. The van der Waals surface area contributed by atoms with Crippen LogP contribution in [0, 0.1) is 0 Å². The van der Waals surface area contributed by atoms with Crippen LogP contribution in [0.3, 0.4) is 0 Å². The van der Waals surface area contributed by atoms with Crippen molar-refractivity contribution in [1.29, 1.82) is 0 Å². The fraction of sp³-hybridized carbons (Fsp3) is 0.0938. The van der Waals surface area contributed by atoms with Gasteiger partial charge in [-0.15, -0.1) is 0 Å². The van der Waals surface area contributed by atoms with E-state index in [9.17, 15) is 0 Å². The molecule has 5 aromatic carbocycles.